The number of hydrogen-bond donors (Lipinski definition) is 0. The van der Waals surface area contributed by atoms with Crippen molar-refractivity contribution >= 4 is 0 Å². The van der Waals surface area contributed by atoms with Gasteiger partial charge >= 0.3 is 0 Å². The molecule has 0 aliphatic heterocycles. The molecule has 2 bridgehead atoms. The molecule has 2 aromatic heterocycles. The highest BCUT2D eigenvalue weighted by molar-refractivity contribution is 5.80. The van der Waals surface area contributed by atoms with Crippen LogP contribution in [-0.2, 0) is 0 Å². The minimum Gasteiger partial charge on any atom is -0.228 e. The quantitative estimate of drug-likeness (QED) is 0.153. The van der Waals surface area contributed by atoms with Crippen LogP contribution in [-0.4, -0.2) is 19.9 Å². The Balaban J connectivity index is 0.902. The Morgan fingerprint density at radius 2 is 0.456 bits per heavy atom. The van der Waals surface area contributed by atoms with E-state index in [-0.39, 0.29) is 11.8 Å². The van der Waals surface area contributed by atoms with Crippen molar-refractivity contribution in [3.63, 3.8) is 0 Å². The third kappa shape index (κ3) is 7.02. The first kappa shape index (κ1) is 39.5. The Labute approximate surface area is 396 Å². The van der Waals surface area contributed by atoms with E-state index in [1.54, 1.807) is 0 Å². The molecule has 11 aromatic rings. The van der Waals surface area contributed by atoms with Crippen LogP contribution < -0.4 is 0 Å². The Kier molecular flexibility index (Phi) is 9.61. The third-order valence-corrected chi connectivity index (χ3v) is 13.7. The summed E-state index contributed by atoms with van der Waals surface area (Å²) in [6, 6.07) is 86.3. The lowest BCUT2D eigenvalue weighted by Crippen LogP contribution is -2.27. The van der Waals surface area contributed by atoms with E-state index in [1.165, 1.54) is 55.6 Å². The number of aromatic nitrogens is 4. The van der Waals surface area contributed by atoms with Gasteiger partial charge in [-0.05, 0) is 79.9 Å². The molecule has 0 saturated heterocycles. The molecule has 0 amide bonds. The minimum atomic E-state index is 0.0691. The molecule has 2 unspecified atom stereocenters. The van der Waals surface area contributed by atoms with Crippen molar-refractivity contribution in [1.82, 2.24) is 19.9 Å². The molecule has 2 atom stereocenters. The highest BCUT2D eigenvalue weighted by Crippen LogP contribution is 2.56. The van der Waals surface area contributed by atoms with Crippen LogP contribution in [0.25, 0.3) is 90.1 Å². The maximum Gasteiger partial charge on any atom is 0.160 e. The van der Waals surface area contributed by atoms with Gasteiger partial charge in [-0.15, -0.1) is 0 Å². The van der Waals surface area contributed by atoms with Gasteiger partial charge < -0.3 is 0 Å². The van der Waals surface area contributed by atoms with Crippen LogP contribution in [0.2, 0.25) is 0 Å². The van der Waals surface area contributed by atoms with Crippen LogP contribution in [0.3, 0.4) is 0 Å². The number of benzene rings is 9. The predicted molar refractivity (Wildman–Crippen MR) is 276 cm³/mol. The summed E-state index contributed by atoms with van der Waals surface area (Å²) >= 11 is 0. The summed E-state index contributed by atoms with van der Waals surface area (Å²) < 4.78 is 0. The molecule has 2 heterocycles. The second-order valence-corrected chi connectivity index (χ2v) is 17.7. The Hall–Kier alpha value is -8.86. The van der Waals surface area contributed by atoms with Crippen molar-refractivity contribution in [3.05, 3.63) is 276 Å². The maximum absolute atomic E-state index is 5.26. The van der Waals surface area contributed by atoms with E-state index >= 15 is 0 Å². The van der Waals surface area contributed by atoms with Gasteiger partial charge in [-0.3, -0.25) is 0 Å². The molecule has 0 saturated carbocycles. The van der Waals surface area contributed by atoms with E-state index < -0.39 is 0 Å². The van der Waals surface area contributed by atoms with E-state index in [9.17, 15) is 0 Å². The summed E-state index contributed by atoms with van der Waals surface area (Å²) in [4.78, 5) is 20.8. The van der Waals surface area contributed by atoms with Gasteiger partial charge in [0, 0.05) is 45.2 Å². The molecular weight excluding hydrogens is 825 g/mol. The van der Waals surface area contributed by atoms with E-state index in [0.717, 1.165) is 56.2 Å². The molecule has 0 N–H and O–H groups in total. The second-order valence-electron chi connectivity index (χ2n) is 17.7. The van der Waals surface area contributed by atoms with Crippen molar-refractivity contribution in [2.75, 3.05) is 0 Å². The zero-order valence-corrected chi connectivity index (χ0v) is 37.0. The first-order valence-electron chi connectivity index (χ1n) is 23.3. The van der Waals surface area contributed by atoms with Crippen LogP contribution in [0.15, 0.2) is 243 Å². The summed E-state index contributed by atoms with van der Waals surface area (Å²) in [7, 11) is 0. The fraction of sp³-hybridized carbons (Fsp3) is 0.0312. The van der Waals surface area contributed by atoms with Gasteiger partial charge in [0.15, 0.2) is 11.6 Å². The van der Waals surface area contributed by atoms with Crippen molar-refractivity contribution in [2.45, 2.75) is 11.8 Å². The molecule has 68 heavy (non-hydrogen) atoms. The third-order valence-electron chi connectivity index (χ3n) is 13.7. The number of hydrogen-bond acceptors (Lipinski definition) is 4. The van der Waals surface area contributed by atoms with Crippen LogP contribution in [0, 0.1) is 0 Å². The van der Waals surface area contributed by atoms with Gasteiger partial charge in [0.1, 0.15) is 0 Å². The van der Waals surface area contributed by atoms with Crippen molar-refractivity contribution in [3.8, 4) is 90.1 Å². The summed E-state index contributed by atoms with van der Waals surface area (Å²) in [6.07, 6.45) is 0. The van der Waals surface area contributed by atoms with Crippen molar-refractivity contribution < 1.29 is 0 Å². The molecule has 4 heteroatoms. The van der Waals surface area contributed by atoms with Gasteiger partial charge in [0.25, 0.3) is 0 Å². The Morgan fingerprint density at radius 1 is 0.191 bits per heavy atom. The van der Waals surface area contributed by atoms with Crippen LogP contribution in [0.5, 0.6) is 0 Å². The molecule has 14 rings (SSSR count). The molecule has 4 nitrogen and oxygen atoms in total. The van der Waals surface area contributed by atoms with Gasteiger partial charge in [-0.25, -0.2) is 19.9 Å². The smallest absolute Gasteiger partial charge is 0.160 e. The summed E-state index contributed by atoms with van der Waals surface area (Å²) in [6.45, 7) is 0. The first-order valence-corrected chi connectivity index (χ1v) is 23.3. The van der Waals surface area contributed by atoms with Gasteiger partial charge in [0.05, 0.1) is 22.8 Å². The fourth-order valence-electron chi connectivity index (χ4n) is 10.4. The van der Waals surface area contributed by atoms with E-state index in [0.29, 0.717) is 11.6 Å². The molecule has 3 aliphatic carbocycles. The predicted octanol–water partition coefficient (Wildman–Crippen LogP) is 15.6. The molecule has 9 aromatic carbocycles. The van der Waals surface area contributed by atoms with Crippen LogP contribution in [0.1, 0.15) is 45.2 Å². The van der Waals surface area contributed by atoms with Crippen molar-refractivity contribution in [1.29, 1.82) is 0 Å². The standard InChI is InChI=1S/C64H42N4/c1-5-15-41(16-6-1)43-25-29-45(30-26-43)57-39-59(67-63(65-57)47-19-9-3-10-20-47)49-33-35-53-55(37-49)61-51-23-13-14-24-52(51)62(53)56-38-50(34-36-54(56)61)60-40-58(66-64(68-60)48-21-11-4-12-22-48)46-31-27-44(28-32-46)42-17-7-2-8-18-42/h1-40,61-62H. The lowest BCUT2D eigenvalue weighted by Gasteiger charge is -2.42. The fourth-order valence-corrected chi connectivity index (χ4v) is 10.4. The van der Waals surface area contributed by atoms with Crippen LogP contribution in [0.4, 0.5) is 0 Å². The molecule has 0 radical (unpaired) electrons. The van der Waals surface area contributed by atoms with E-state index in [1.807, 2.05) is 36.4 Å². The summed E-state index contributed by atoms with van der Waals surface area (Å²) in [5.74, 6) is 1.56. The molecular formula is C64H42N4. The van der Waals surface area contributed by atoms with Crippen LogP contribution >= 0.6 is 0 Å². The normalized spacial score (nSPS) is 14.2. The molecule has 3 aliphatic rings. The lowest BCUT2D eigenvalue weighted by atomic mass is 9.60. The second kappa shape index (κ2) is 16.5. The van der Waals surface area contributed by atoms with Gasteiger partial charge in [-0.1, -0.05) is 218 Å². The average molecular weight is 867 g/mol. The number of rotatable bonds is 8. The van der Waals surface area contributed by atoms with E-state index in [2.05, 4.69) is 206 Å². The summed E-state index contributed by atoms with van der Waals surface area (Å²) in [5.41, 5.74) is 22.6. The lowest BCUT2D eigenvalue weighted by molar-refractivity contribution is 0.755. The monoisotopic (exact) mass is 866 g/mol. The Bertz CT molecular complexity index is 3400. The van der Waals surface area contributed by atoms with Gasteiger partial charge in [-0.2, -0.15) is 0 Å². The number of nitrogens with zero attached hydrogens (tertiary/aromatic N) is 4. The van der Waals surface area contributed by atoms with E-state index in [4.69, 9.17) is 19.9 Å². The largest absolute Gasteiger partial charge is 0.228 e. The topological polar surface area (TPSA) is 51.6 Å². The first-order chi connectivity index (χ1) is 33.7. The van der Waals surface area contributed by atoms with Crippen molar-refractivity contribution in [2.24, 2.45) is 0 Å². The average Bonchev–Trinajstić information content (AvgIpc) is 3.43. The molecule has 318 valence electrons. The highest BCUT2D eigenvalue weighted by Gasteiger charge is 2.41. The maximum atomic E-state index is 5.26. The zero-order chi connectivity index (χ0) is 45.0. The highest BCUT2D eigenvalue weighted by atomic mass is 14.9. The Morgan fingerprint density at radius 3 is 0.824 bits per heavy atom. The molecule has 0 spiro atoms. The van der Waals surface area contributed by atoms with Gasteiger partial charge in [0.2, 0.25) is 0 Å². The zero-order valence-electron chi connectivity index (χ0n) is 37.0. The molecule has 0 fully saturated rings. The summed E-state index contributed by atoms with van der Waals surface area (Å²) in [5, 5.41) is 0. The SMILES string of the molecule is c1ccc(-c2ccc(-c3cc(-c4ccc5c(c4)C4c6ccccc6C5c5cc(-c6cc(-c7ccc(-c8ccccc8)cc7)nc(-c7ccccc7)n6)ccc54)nc(-c4ccccc4)n3)cc2)cc1. The minimum absolute atomic E-state index is 0.0691.